The fraction of sp³-hybridized carbons (Fsp3) is 0.214. The number of amides is 1. The molecular weight excluding hydrogens is 408 g/mol. The van der Waals surface area contributed by atoms with E-state index in [9.17, 15) is 4.79 Å². The van der Waals surface area contributed by atoms with Gasteiger partial charge in [-0.2, -0.15) is 0 Å². The molecule has 2 atom stereocenters. The summed E-state index contributed by atoms with van der Waals surface area (Å²) >= 11 is 0. The number of aromatic amines is 1. The number of hydrogen-bond donors (Lipinski definition) is 2. The van der Waals surface area contributed by atoms with Crippen LogP contribution in [0.25, 0.3) is 22.4 Å². The molecule has 1 amide bonds. The van der Waals surface area contributed by atoms with E-state index in [0.717, 1.165) is 41.1 Å². The van der Waals surface area contributed by atoms with Gasteiger partial charge < -0.3 is 15.6 Å². The van der Waals surface area contributed by atoms with Crippen LogP contribution in [0.4, 0.5) is 0 Å². The fourth-order valence-electron chi connectivity index (χ4n) is 4.60. The molecule has 0 radical (unpaired) electrons. The van der Waals surface area contributed by atoms with Gasteiger partial charge in [0.15, 0.2) is 0 Å². The molecule has 3 aromatic carbocycles. The first-order valence-electron chi connectivity index (χ1n) is 11.5. The van der Waals surface area contributed by atoms with Crippen molar-refractivity contribution in [2.24, 2.45) is 5.73 Å². The van der Waals surface area contributed by atoms with Crippen molar-refractivity contribution in [3.05, 3.63) is 103 Å². The van der Waals surface area contributed by atoms with E-state index in [4.69, 9.17) is 5.73 Å². The highest BCUT2D eigenvalue weighted by molar-refractivity contribution is 5.82. The predicted molar refractivity (Wildman–Crippen MR) is 131 cm³/mol. The van der Waals surface area contributed by atoms with E-state index in [1.807, 2.05) is 59.6 Å². The highest BCUT2D eigenvalue weighted by atomic mass is 16.2. The lowest BCUT2D eigenvalue weighted by molar-refractivity contribution is -0.133. The van der Waals surface area contributed by atoms with Crippen LogP contribution in [0.3, 0.4) is 0 Å². The molecule has 1 saturated heterocycles. The topological polar surface area (TPSA) is 75.0 Å². The molecule has 1 aliphatic rings. The molecule has 5 rings (SSSR count). The monoisotopic (exact) mass is 436 g/mol. The summed E-state index contributed by atoms with van der Waals surface area (Å²) in [7, 11) is 0. The first-order chi connectivity index (χ1) is 16.2. The molecule has 0 bridgehead atoms. The third-order valence-electron chi connectivity index (χ3n) is 6.37. The minimum atomic E-state index is -0.572. The molecule has 0 spiro atoms. The summed E-state index contributed by atoms with van der Waals surface area (Å²) in [5, 5.41) is 0. The number of aromatic nitrogens is 2. The van der Waals surface area contributed by atoms with Crippen LogP contribution in [-0.2, 0) is 11.2 Å². The molecule has 5 heteroatoms. The van der Waals surface area contributed by atoms with Gasteiger partial charge in [0.2, 0.25) is 5.91 Å². The van der Waals surface area contributed by atoms with Gasteiger partial charge in [0.1, 0.15) is 5.82 Å². The van der Waals surface area contributed by atoms with Gasteiger partial charge in [0.05, 0.1) is 24.0 Å². The van der Waals surface area contributed by atoms with E-state index in [0.29, 0.717) is 13.0 Å². The van der Waals surface area contributed by atoms with Crippen LogP contribution in [0.2, 0.25) is 0 Å². The minimum absolute atomic E-state index is 0.0118. The molecule has 3 N–H and O–H groups in total. The first kappa shape index (κ1) is 21.2. The van der Waals surface area contributed by atoms with Crippen molar-refractivity contribution in [1.29, 1.82) is 0 Å². The molecule has 4 aromatic rings. The standard InChI is InChI=1S/C28H28N4O/c29-24(18-20-13-15-22(16-14-20)21-8-3-1-4-9-21)28(33)32-17-7-12-26(32)27-30-19-25(31-27)23-10-5-2-6-11-23/h1-6,8-11,13-16,19,24,26H,7,12,17-18,29H2,(H,30,31)/t24-,26-/m0/s1. The van der Waals surface area contributed by atoms with Crippen LogP contribution in [0.15, 0.2) is 91.1 Å². The van der Waals surface area contributed by atoms with Gasteiger partial charge in [-0.15, -0.1) is 0 Å². The van der Waals surface area contributed by atoms with E-state index in [2.05, 4.69) is 46.4 Å². The fourth-order valence-corrected chi connectivity index (χ4v) is 4.60. The number of imidazole rings is 1. The number of carbonyl (C=O) groups excluding carboxylic acids is 1. The Kier molecular flexibility index (Phi) is 6.05. The third kappa shape index (κ3) is 4.59. The molecule has 1 fully saturated rings. The second-order valence-corrected chi connectivity index (χ2v) is 8.61. The average molecular weight is 437 g/mol. The minimum Gasteiger partial charge on any atom is -0.340 e. The van der Waals surface area contributed by atoms with Crippen molar-refractivity contribution >= 4 is 5.91 Å². The number of nitrogens with two attached hydrogens (primary N) is 1. The summed E-state index contributed by atoms with van der Waals surface area (Å²) in [4.78, 5) is 23.2. The number of nitrogens with one attached hydrogen (secondary N) is 1. The lowest BCUT2D eigenvalue weighted by Crippen LogP contribution is -2.44. The smallest absolute Gasteiger partial charge is 0.240 e. The van der Waals surface area contributed by atoms with Crippen LogP contribution in [0.1, 0.15) is 30.3 Å². The Morgan fingerprint density at radius 3 is 2.27 bits per heavy atom. The van der Waals surface area contributed by atoms with Crippen LogP contribution < -0.4 is 5.73 Å². The molecular formula is C28H28N4O. The van der Waals surface area contributed by atoms with Crippen molar-refractivity contribution in [1.82, 2.24) is 14.9 Å². The summed E-state index contributed by atoms with van der Waals surface area (Å²) < 4.78 is 0. The maximum absolute atomic E-state index is 13.3. The van der Waals surface area contributed by atoms with Crippen molar-refractivity contribution in [3.63, 3.8) is 0 Å². The number of H-pyrrole nitrogens is 1. The van der Waals surface area contributed by atoms with Crippen LogP contribution >= 0.6 is 0 Å². The number of benzene rings is 3. The summed E-state index contributed by atoms with van der Waals surface area (Å²) in [5.74, 6) is 0.821. The highest BCUT2D eigenvalue weighted by Crippen LogP contribution is 2.32. The molecule has 0 saturated carbocycles. The van der Waals surface area contributed by atoms with Gasteiger partial charge in [-0.05, 0) is 41.5 Å². The van der Waals surface area contributed by atoms with Gasteiger partial charge in [0, 0.05) is 6.54 Å². The number of likely N-dealkylation sites (tertiary alicyclic amines) is 1. The summed E-state index contributed by atoms with van der Waals surface area (Å²) in [5.41, 5.74) is 11.8. The largest absolute Gasteiger partial charge is 0.340 e. The summed E-state index contributed by atoms with van der Waals surface area (Å²) in [6, 6.07) is 28.1. The molecule has 5 nitrogen and oxygen atoms in total. The molecule has 1 aliphatic heterocycles. The van der Waals surface area contributed by atoms with Gasteiger partial charge in [-0.1, -0.05) is 84.9 Å². The number of carbonyl (C=O) groups is 1. The number of nitrogens with zero attached hydrogens (tertiary/aromatic N) is 2. The normalized spacial score (nSPS) is 16.6. The zero-order chi connectivity index (χ0) is 22.6. The molecule has 1 aromatic heterocycles. The van der Waals surface area contributed by atoms with E-state index in [1.165, 1.54) is 5.56 Å². The van der Waals surface area contributed by atoms with Crippen LogP contribution in [0.5, 0.6) is 0 Å². The lowest BCUT2D eigenvalue weighted by Gasteiger charge is -2.26. The Hall–Kier alpha value is -3.70. The maximum Gasteiger partial charge on any atom is 0.240 e. The maximum atomic E-state index is 13.3. The van der Waals surface area contributed by atoms with Gasteiger partial charge in [0.25, 0.3) is 0 Å². The molecule has 0 aliphatic carbocycles. The Morgan fingerprint density at radius 2 is 1.58 bits per heavy atom. The predicted octanol–water partition coefficient (Wildman–Crippen LogP) is 4.98. The van der Waals surface area contributed by atoms with Crippen molar-refractivity contribution in [2.75, 3.05) is 6.54 Å². The molecule has 33 heavy (non-hydrogen) atoms. The molecule has 166 valence electrons. The Bertz CT molecular complexity index is 1200. The van der Waals surface area contributed by atoms with Crippen molar-refractivity contribution in [2.45, 2.75) is 31.3 Å². The summed E-state index contributed by atoms with van der Waals surface area (Å²) in [6.45, 7) is 0.714. The highest BCUT2D eigenvalue weighted by Gasteiger charge is 2.34. The van der Waals surface area contributed by atoms with Gasteiger partial charge in [-0.3, -0.25) is 4.79 Å². The van der Waals surface area contributed by atoms with Crippen molar-refractivity contribution < 1.29 is 4.79 Å². The third-order valence-corrected chi connectivity index (χ3v) is 6.37. The SMILES string of the molecule is N[C@@H](Cc1ccc(-c2ccccc2)cc1)C(=O)N1CCC[C@H]1c1ncc(-c2ccccc2)[nH]1. The quantitative estimate of drug-likeness (QED) is 0.448. The summed E-state index contributed by atoms with van der Waals surface area (Å²) in [6.07, 6.45) is 4.21. The number of rotatable bonds is 6. The van der Waals surface area contributed by atoms with E-state index < -0.39 is 6.04 Å². The molecule has 0 unspecified atom stereocenters. The Morgan fingerprint density at radius 1 is 0.939 bits per heavy atom. The average Bonchev–Trinajstić information content (AvgIpc) is 3.55. The molecule has 2 heterocycles. The second kappa shape index (κ2) is 9.43. The van der Waals surface area contributed by atoms with E-state index >= 15 is 0 Å². The van der Waals surface area contributed by atoms with Crippen molar-refractivity contribution in [3.8, 4) is 22.4 Å². The lowest BCUT2D eigenvalue weighted by atomic mass is 10.0. The first-order valence-corrected chi connectivity index (χ1v) is 11.5. The van der Waals surface area contributed by atoms with Gasteiger partial charge >= 0.3 is 0 Å². The van der Waals surface area contributed by atoms with Crippen LogP contribution in [-0.4, -0.2) is 33.4 Å². The van der Waals surface area contributed by atoms with E-state index in [-0.39, 0.29) is 11.9 Å². The number of hydrogen-bond acceptors (Lipinski definition) is 3. The second-order valence-electron chi connectivity index (χ2n) is 8.61. The van der Waals surface area contributed by atoms with Crippen LogP contribution in [0, 0.1) is 0 Å². The van der Waals surface area contributed by atoms with Gasteiger partial charge in [-0.25, -0.2) is 4.98 Å². The zero-order valence-electron chi connectivity index (χ0n) is 18.5. The Labute approximate surface area is 194 Å². The zero-order valence-corrected chi connectivity index (χ0v) is 18.5. The Balaban J connectivity index is 1.26. The van der Waals surface area contributed by atoms with E-state index in [1.54, 1.807) is 0 Å².